The number of rotatable bonds is 10. The van der Waals surface area contributed by atoms with Gasteiger partial charge >= 0.3 is 0 Å². The predicted octanol–water partition coefficient (Wildman–Crippen LogP) is 6.06. The quantitative estimate of drug-likeness (QED) is 0.405. The molecule has 1 amide bonds. The van der Waals surface area contributed by atoms with Gasteiger partial charge in [-0.1, -0.05) is 49.2 Å². The van der Waals surface area contributed by atoms with Crippen LogP contribution in [0, 0.1) is 5.92 Å². The summed E-state index contributed by atoms with van der Waals surface area (Å²) in [6, 6.07) is 15.8. The minimum absolute atomic E-state index is 0.0801. The number of nitrogens with two attached hydrogens (primary N) is 1. The normalized spacial score (nSPS) is 16.7. The lowest BCUT2D eigenvalue weighted by atomic mass is 9.99. The molecule has 0 aliphatic carbocycles. The highest BCUT2D eigenvalue weighted by molar-refractivity contribution is 6.30. The number of amides is 1. The molecule has 1 saturated heterocycles. The van der Waals surface area contributed by atoms with E-state index in [-0.39, 0.29) is 11.9 Å². The molecule has 1 aliphatic heterocycles. The van der Waals surface area contributed by atoms with Gasteiger partial charge in [0, 0.05) is 36.4 Å². The second-order valence-electron chi connectivity index (χ2n) is 10.2. The Bertz CT molecular complexity index is 968. The highest BCUT2D eigenvalue weighted by Crippen LogP contribution is 2.26. The SMILES string of the molecule is CC(C)=CCN(c1ccc(OCc2ccc(Cl)cc2)cc1)C1CCCN(C(=O)[C@@H](N)CC(C)C)C1. The highest BCUT2D eigenvalue weighted by atomic mass is 35.5. The van der Waals surface area contributed by atoms with Crippen molar-refractivity contribution in [2.45, 2.75) is 65.6 Å². The number of ether oxygens (including phenoxy) is 1. The number of halogens is 1. The van der Waals surface area contributed by atoms with E-state index in [0.29, 0.717) is 19.1 Å². The van der Waals surface area contributed by atoms with Crippen molar-refractivity contribution in [2.75, 3.05) is 24.5 Å². The van der Waals surface area contributed by atoms with Crippen molar-refractivity contribution in [3.63, 3.8) is 0 Å². The Kier molecular flexibility index (Phi) is 10.1. The van der Waals surface area contributed by atoms with Crippen LogP contribution in [0.15, 0.2) is 60.2 Å². The molecule has 0 spiro atoms. The molecular formula is C29H40ClN3O2. The molecule has 1 unspecified atom stereocenters. The fraction of sp³-hybridized carbons (Fsp3) is 0.483. The Balaban J connectivity index is 1.70. The number of likely N-dealkylation sites (tertiary alicyclic amines) is 1. The fourth-order valence-corrected chi connectivity index (χ4v) is 4.61. The van der Waals surface area contributed by atoms with Gasteiger partial charge in [-0.3, -0.25) is 4.79 Å². The Morgan fingerprint density at radius 3 is 2.49 bits per heavy atom. The first-order chi connectivity index (χ1) is 16.7. The third-order valence-electron chi connectivity index (χ3n) is 6.37. The van der Waals surface area contributed by atoms with Crippen LogP contribution in [0.4, 0.5) is 5.69 Å². The zero-order valence-corrected chi connectivity index (χ0v) is 22.3. The molecule has 1 aliphatic rings. The molecule has 2 N–H and O–H groups in total. The van der Waals surface area contributed by atoms with E-state index in [1.807, 2.05) is 41.3 Å². The summed E-state index contributed by atoms with van der Waals surface area (Å²) < 4.78 is 5.98. The molecule has 0 radical (unpaired) electrons. The molecule has 3 rings (SSSR count). The average Bonchev–Trinajstić information content (AvgIpc) is 2.83. The molecule has 2 aromatic rings. The molecule has 6 heteroatoms. The summed E-state index contributed by atoms with van der Waals surface area (Å²) in [6.07, 6.45) is 5.00. The van der Waals surface area contributed by atoms with Gasteiger partial charge in [-0.05, 0) is 81.0 Å². The lowest BCUT2D eigenvalue weighted by Crippen LogP contribution is -2.54. The van der Waals surface area contributed by atoms with E-state index in [4.69, 9.17) is 22.1 Å². The van der Waals surface area contributed by atoms with Crippen LogP contribution >= 0.6 is 11.6 Å². The van der Waals surface area contributed by atoms with E-state index >= 15 is 0 Å². The van der Waals surface area contributed by atoms with E-state index in [9.17, 15) is 4.79 Å². The standard InChI is InChI=1S/C29H40ClN3O2/c1-21(2)15-17-33(26-6-5-16-32(19-26)29(34)28(31)18-22(3)4)25-11-13-27(14-12-25)35-20-23-7-9-24(30)10-8-23/h7-15,22,26,28H,5-6,16-20,31H2,1-4H3/t26?,28-/m0/s1. The van der Waals surface area contributed by atoms with Crippen LogP contribution in [0.2, 0.25) is 5.02 Å². The number of carbonyl (C=O) groups excluding carboxylic acids is 1. The maximum Gasteiger partial charge on any atom is 0.239 e. The van der Waals surface area contributed by atoms with E-state index in [2.05, 4.69) is 50.8 Å². The summed E-state index contributed by atoms with van der Waals surface area (Å²) in [5.41, 5.74) is 9.73. The minimum atomic E-state index is -0.419. The summed E-state index contributed by atoms with van der Waals surface area (Å²) in [5.74, 6) is 1.31. The molecule has 2 aromatic carbocycles. The van der Waals surface area contributed by atoms with E-state index in [1.165, 1.54) is 5.57 Å². The van der Waals surface area contributed by atoms with Crippen LogP contribution in [0.5, 0.6) is 5.75 Å². The predicted molar refractivity (Wildman–Crippen MR) is 146 cm³/mol. The third kappa shape index (κ3) is 8.29. The van der Waals surface area contributed by atoms with Gasteiger partial charge in [0.05, 0.1) is 6.04 Å². The molecule has 5 nitrogen and oxygen atoms in total. The summed E-state index contributed by atoms with van der Waals surface area (Å²) >= 11 is 5.97. The Morgan fingerprint density at radius 2 is 1.86 bits per heavy atom. The Morgan fingerprint density at radius 1 is 1.17 bits per heavy atom. The zero-order valence-electron chi connectivity index (χ0n) is 21.5. The van der Waals surface area contributed by atoms with Gasteiger partial charge in [-0.25, -0.2) is 0 Å². The van der Waals surface area contributed by atoms with E-state index in [0.717, 1.165) is 54.4 Å². The molecule has 2 atom stereocenters. The van der Waals surface area contributed by atoms with Gasteiger partial charge in [-0.2, -0.15) is 0 Å². The van der Waals surface area contributed by atoms with Crippen LogP contribution < -0.4 is 15.4 Å². The van der Waals surface area contributed by atoms with Crippen molar-refractivity contribution >= 4 is 23.2 Å². The second-order valence-corrected chi connectivity index (χ2v) is 10.6. The molecular weight excluding hydrogens is 458 g/mol. The fourth-order valence-electron chi connectivity index (χ4n) is 4.48. The summed E-state index contributed by atoms with van der Waals surface area (Å²) in [5, 5.41) is 0.722. The van der Waals surface area contributed by atoms with Crippen molar-refractivity contribution in [1.82, 2.24) is 4.90 Å². The first-order valence-electron chi connectivity index (χ1n) is 12.6. The van der Waals surface area contributed by atoms with Crippen molar-refractivity contribution < 1.29 is 9.53 Å². The first kappa shape index (κ1) is 27.1. The number of anilines is 1. The number of piperidine rings is 1. The van der Waals surface area contributed by atoms with Crippen molar-refractivity contribution in [3.05, 3.63) is 70.8 Å². The maximum atomic E-state index is 13.0. The van der Waals surface area contributed by atoms with Gasteiger partial charge in [-0.15, -0.1) is 0 Å². The summed E-state index contributed by atoms with van der Waals surface area (Å²) in [4.78, 5) is 17.4. The maximum absolute atomic E-state index is 13.0. The molecule has 1 heterocycles. The Hall–Kier alpha value is -2.50. The molecule has 0 aromatic heterocycles. The molecule has 35 heavy (non-hydrogen) atoms. The third-order valence-corrected chi connectivity index (χ3v) is 6.63. The minimum Gasteiger partial charge on any atom is -0.489 e. The first-order valence-corrected chi connectivity index (χ1v) is 13.0. The smallest absolute Gasteiger partial charge is 0.239 e. The number of carbonyl (C=O) groups is 1. The van der Waals surface area contributed by atoms with Crippen molar-refractivity contribution in [3.8, 4) is 5.75 Å². The van der Waals surface area contributed by atoms with Crippen LogP contribution in [-0.4, -0.2) is 42.5 Å². The number of hydrogen-bond acceptors (Lipinski definition) is 4. The monoisotopic (exact) mass is 497 g/mol. The van der Waals surface area contributed by atoms with Crippen LogP contribution in [0.25, 0.3) is 0 Å². The number of allylic oxidation sites excluding steroid dienone is 1. The van der Waals surface area contributed by atoms with Crippen molar-refractivity contribution in [1.29, 1.82) is 0 Å². The molecule has 0 saturated carbocycles. The lowest BCUT2D eigenvalue weighted by molar-refractivity contribution is -0.134. The van der Waals surface area contributed by atoms with E-state index in [1.54, 1.807) is 0 Å². The Labute approximate surface area is 215 Å². The number of hydrogen-bond donors (Lipinski definition) is 1. The van der Waals surface area contributed by atoms with Gasteiger partial charge in [0.2, 0.25) is 5.91 Å². The van der Waals surface area contributed by atoms with Gasteiger partial charge < -0.3 is 20.3 Å². The molecule has 190 valence electrons. The highest BCUT2D eigenvalue weighted by Gasteiger charge is 2.30. The van der Waals surface area contributed by atoms with Gasteiger partial charge in [0.15, 0.2) is 0 Å². The number of nitrogens with zero attached hydrogens (tertiary/aromatic N) is 2. The second kappa shape index (κ2) is 13.0. The van der Waals surface area contributed by atoms with Crippen LogP contribution in [-0.2, 0) is 11.4 Å². The largest absolute Gasteiger partial charge is 0.489 e. The van der Waals surface area contributed by atoms with Crippen LogP contribution in [0.3, 0.4) is 0 Å². The number of benzene rings is 2. The summed E-state index contributed by atoms with van der Waals surface area (Å²) in [6.45, 7) is 11.2. The average molecular weight is 498 g/mol. The molecule has 0 bridgehead atoms. The topological polar surface area (TPSA) is 58.8 Å². The zero-order chi connectivity index (χ0) is 25.4. The van der Waals surface area contributed by atoms with E-state index < -0.39 is 6.04 Å². The van der Waals surface area contributed by atoms with Gasteiger partial charge in [0.25, 0.3) is 0 Å². The lowest BCUT2D eigenvalue weighted by Gasteiger charge is -2.41. The van der Waals surface area contributed by atoms with Crippen molar-refractivity contribution in [2.24, 2.45) is 11.7 Å². The molecule has 1 fully saturated rings. The summed E-state index contributed by atoms with van der Waals surface area (Å²) in [7, 11) is 0. The van der Waals surface area contributed by atoms with Gasteiger partial charge in [0.1, 0.15) is 12.4 Å². The van der Waals surface area contributed by atoms with Crippen LogP contribution in [0.1, 0.15) is 52.5 Å².